The van der Waals surface area contributed by atoms with Crippen LogP contribution < -0.4 is 5.32 Å². The first-order chi connectivity index (χ1) is 11.2. The van der Waals surface area contributed by atoms with Gasteiger partial charge in [0.05, 0.1) is 6.04 Å². The minimum Gasteiger partial charge on any atom is -0.341 e. The Morgan fingerprint density at radius 3 is 3.04 bits per heavy atom. The third-order valence-electron chi connectivity index (χ3n) is 4.72. The maximum absolute atomic E-state index is 12.4. The lowest BCUT2D eigenvalue weighted by Crippen LogP contribution is -2.29. The Hall–Kier alpha value is -2.18. The quantitative estimate of drug-likeness (QED) is 0.904. The largest absolute Gasteiger partial charge is 0.341 e. The Morgan fingerprint density at radius 2 is 2.22 bits per heavy atom. The molecular weight excluding hydrogens is 292 g/mol. The van der Waals surface area contributed by atoms with Gasteiger partial charge in [0.25, 0.3) is 5.91 Å². The van der Waals surface area contributed by atoms with Gasteiger partial charge in [-0.25, -0.2) is 0 Å². The molecule has 0 aromatic carbocycles. The number of nitrogens with zero attached hydrogens (tertiary/aromatic N) is 4. The second-order valence-electron chi connectivity index (χ2n) is 6.61. The van der Waals surface area contributed by atoms with Crippen molar-refractivity contribution in [2.45, 2.75) is 64.0 Å². The van der Waals surface area contributed by atoms with Crippen molar-refractivity contribution in [1.82, 2.24) is 30.3 Å². The predicted molar refractivity (Wildman–Crippen MR) is 84.0 cm³/mol. The lowest BCUT2D eigenvalue weighted by molar-refractivity contribution is 0.0932. The molecule has 4 rings (SSSR count). The maximum Gasteiger partial charge on any atom is 0.272 e. The van der Waals surface area contributed by atoms with Gasteiger partial charge in [-0.3, -0.25) is 9.89 Å². The molecule has 2 aliphatic rings. The monoisotopic (exact) mass is 314 g/mol. The average Bonchev–Trinajstić information content (AvgIpc) is 3.21. The molecule has 1 aliphatic carbocycles. The van der Waals surface area contributed by atoms with Crippen molar-refractivity contribution in [2.75, 3.05) is 0 Å². The SMILES string of the molecule is C[C@H](NC(=O)c1cc(C2CC2)[nH]n1)c1nnc2n1CCCCC2. The van der Waals surface area contributed by atoms with E-state index in [2.05, 4.69) is 30.3 Å². The smallest absolute Gasteiger partial charge is 0.272 e. The lowest BCUT2D eigenvalue weighted by atomic mass is 10.2. The first-order valence-corrected chi connectivity index (χ1v) is 8.50. The third-order valence-corrected chi connectivity index (χ3v) is 4.72. The maximum atomic E-state index is 12.4. The van der Waals surface area contributed by atoms with Crippen LogP contribution in [-0.4, -0.2) is 30.9 Å². The molecule has 2 N–H and O–H groups in total. The van der Waals surface area contributed by atoms with Crippen LogP contribution in [-0.2, 0) is 13.0 Å². The van der Waals surface area contributed by atoms with Crippen LogP contribution in [0.2, 0.25) is 0 Å². The van der Waals surface area contributed by atoms with Crippen LogP contribution in [0.4, 0.5) is 0 Å². The summed E-state index contributed by atoms with van der Waals surface area (Å²) in [4.78, 5) is 12.4. The zero-order valence-electron chi connectivity index (χ0n) is 13.4. The first-order valence-electron chi connectivity index (χ1n) is 8.50. The van der Waals surface area contributed by atoms with E-state index in [0.717, 1.165) is 43.1 Å². The van der Waals surface area contributed by atoms with E-state index in [4.69, 9.17) is 0 Å². The molecule has 1 saturated carbocycles. The molecule has 23 heavy (non-hydrogen) atoms. The Kier molecular flexibility index (Phi) is 3.63. The molecule has 122 valence electrons. The summed E-state index contributed by atoms with van der Waals surface area (Å²) in [5.74, 6) is 2.28. The van der Waals surface area contributed by atoms with Gasteiger partial charge in [-0.2, -0.15) is 5.10 Å². The van der Waals surface area contributed by atoms with E-state index in [0.29, 0.717) is 11.6 Å². The van der Waals surface area contributed by atoms with E-state index < -0.39 is 0 Å². The molecule has 7 nitrogen and oxygen atoms in total. The van der Waals surface area contributed by atoms with Crippen molar-refractivity contribution in [3.63, 3.8) is 0 Å². The fourth-order valence-electron chi connectivity index (χ4n) is 3.22. The molecule has 7 heteroatoms. The normalized spacial score (nSPS) is 19.0. The average molecular weight is 314 g/mol. The number of fused-ring (bicyclic) bond motifs is 1. The number of H-pyrrole nitrogens is 1. The molecular formula is C16H22N6O. The van der Waals surface area contributed by atoms with E-state index in [9.17, 15) is 4.79 Å². The molecule has 1 amide bonds. The predicted octanol–water partition coefficient (Wildman–Crippen LogP) is 2.10. The summed E-state index contributed by atoms with van der Waals surface area (Å²) in [6.07, 6.45) is 6.87. The molecule has 1 aliphatic heterocycles. The second-order valence-corrected chi connectivity index (χ2v) is 6.61. The summed E-state index contributed by atoms with van der Waals surface area (Å²) < 4.78 is 2.16. The van der Waals surface area contributed by atoms with Gasteiger partial charge in [0.15, 0.2) is 5.82 Å². The summed E-state index contributed by atoms with van der Waals surface area (Å²) in [5, 5.41) is 18.7. The van der Waals surface area contributed by atoms with Crippen molar-refractivity contribution in [1.29, 1.82) is 0 Å². The van der Waals surface area contributed by atoms with Gasteiger partial charge < -0.3 is 9.88 Å². The summed E-state index contributed by atoms with van der Waals surface area (Å²) in [6.45, 7) is 2.89. The number of rotatable bonds is 4. The number of aromatic amines is 1. The van der Waals surface area contributed by atoms with Crippen LogP contribution in [0, 0.1) is 0 Å². The van der Waals surface area contributed by atoms with Gasteiger partial charge in [-0.05, 0) is 38.7 Å². The van der Waals surface area contributed by atoms with Crippen molar-refractivity contribution < 1.29 is 4.79 Å². The number of nitrogens with one attached hydrogen (secondary N) is 2. The highest BCUT2D eigenvalue weighted by Gasteiger charge is 2.27. The van der Waals surface area contributed by atoms with E-state index in [-0.39, 0.29) is 11.9 Å². The number of hydrogen-bond donors (Lipinski definition) is 2. The zero-order valence-corrected chi connectivity index (χ0v) is 13.4. The van der Waals surface area contributed by atoms with Gasteiger partial charge in [-0.15, -0.1) is 10.2 Å². The van der Waals surface area contributed by atoms with Crippen LogP contribution in [0.1, 0.15) is 78.8 Å². The van der Waals surface area contributed by atoms with Crippen LogP contribution in [0.5, 0.6) is 0 Å². The number of hydrogen-bond acceptors (Lipinski definition) is 4. The molecule has 2 aromatic rings. The van der Waals surface area contributed by atoms with E-state index in [1.807, 2.05) is 13.0 Å². The standard InChI is InChI=1S/C16H22N6O/c1-10(15-21-20-14-5-3-2-4-8-22(14)15)17-16(23)13-9-12(18-19-13)11-6-7-11/h9-11H,2-8H2,1H3,(H,17,23)(H,18,19)/t10-/m0/s1. The summed E-state index contributed by atoms with van der Waals surface area (Å²) in [7, 11) is 0. The first kappa shape index (κ1) is 14.4. The fourth-order valence-corrected chi connectivity index (χ4v) is 3.22. The Labute approximate surface area is 134 Å². The van der Waals surface area contributed by atoms with Gasteiger partial charge in [0.2, 0.25) is 0 Å². The topological polar surface area (TPSA) is 88.5 Å². The Morgan fingerprint density at radius 1 is 1.35 bits per heavy atom. The number of aromatic nitrogens is 5. The zero-order chi connectivity index (χ0) is 15.8. The fraction of sp³-hybridized carbons (Fsp3) is 0.625. The van der Waals surface area contributed by atoms with Gasteiger partial charge in [0, 0.05) is 24.6 Å². The third kappa shape index (κ3) is 2.87. The van der Waals surface area contributed by atoms with E-state index >= 15 is 0 Å². The van der Waals surface area contributed by atoms with Crippen molar-refractivity contribution >= 4 is 5.91 Å². The number of carbonyl (C=O) groups is 1. The van der Waals surface area contributed by atoms with Crippen LogP contribution >= 0.6 is 0 Å². The number of amides is 1. The molecule has 0 saturated heterocycles. The van der Waals surface area contributed by atoms with Crippen LogP contribution in [0.3, 0.4) is 0 Å². The highest BCUT2D eigenvalue weighted by molar-refractivity contribution is 5.92. The van der Waals surface area contributed by atoms with Gasteiger partial charge in [-0.1, -0.05) is 6.42 Å². The Balaban J connectivity index is 1.47. The van der Waals surface area contributed by atoms with Crippen molar-refractivity contribution in [3.05, 3.63) is 29.1 Å². The minimum absolute atomic E-state index is 0.161. The Bertz CT molecular complexity index is 714. The molecule has 0 unspecified atom stereocenters. The molecule has 2 aromatic heterocycles. The molecule has 0 radical (unpaired) electrons. The molecule has 1 fully saturated rings. The number of aryl methyl sites for hydroxylation is 1. The van der Waals surface area contributed by atoms with E-state index in [1.165, 1.54) is 19.3 Å². The van der Waals surface area contributed by atoms with Crippen molar-refractivity contribution in [3.8, 4) is 0 Å². The molecule has 0 spiro atoms. The highest BCUT2D eigenvalue weighted by atomic mass is 16.2. The number of carbonyl (C=O) groups excluding carboxylic acids is 1. The highest BCUT2D eigenvalue weighted by Crippen LogP contribution is 2.39. The summed E-state index contributed by atoms with van der Waals surface area (Å²) >= 11 is 0. The minimum atomic E-state index is -0.178. The van der Waals surface area contributed by atoms with Gasteiger partial charge >= 0.3 is 0 Å². The van der Waals surface area contributed by atoms with E-state index in [1.54, 1.807) is 0 Å². The molecule has 0 bridgehead atoms. The summed E-state index contributed by atoms with van der Waals surface area (Å²) in [6, 6.07) is 1.69. The molecule has 3 heterocycles. The van der Waals surface area contributed by atoms with Crippen LogP contribution in [0.25, 0.3) is 0 Å². The lowest BCUT2D eigenvalue weighted by Gasteiger charge is -2.14. The van der Waals surface area contributed by atoms with Gasteiger partial charge in [0.1, 0.15) is 11.5 Å². The van der Waals surface area contributed by atoms with Crippen molar-refractivity contribution in [2.24, 2.45) is 0 Å². The van der Waals surface area contributed by atoms with Crippen LogP contribution in [0.15, 0.2) is 6.07 Å². The second kappa shape index (κ2) is 5.79. The molecule has 1 atom stereocenters. The summed E-state index contributed by atoms with van der Waals surface area (Å²) in [5.41, 5.74) is 1.52.